The fourth-order valence-corrected chi connectivity index (χ4v) is 2.82. The Hall–Kier alpha value is -2.24. The fraction of sp³-hybridized carbons (Fsp3) is 0.800. The summed E-state index contributed by atoms with van der Waals surface area (Å²) in [6.45, 7) is 6.61. The maximum atomic E-state index is 12.8. The van der Waals surface area contributed by atoms with Crippen LogP contribution in [0, 0.1) is 11.8 Å². The van der Waals surface area contributed by atoms with Crippen LogP contribution in [0.5, 0.6) is 0 Å². The van der Waals surface area contributed by atoms with E-state index in [0.29, 0.717) is 25.8 Å². The number of unbranched alkanes of at least 4 members (excludes halogenated alkanes) is 1. The van der Waals surface area contributed by atoms with Crippen molar-refractivity contribution in [2.24, 2.45) is 23.3 Å². The Labute approximate surface area is 183 Å². The van der Waals surface area contributed by atoms with Crippen molar-refractivity contribution in [1.29, 1.82) is 0 Å². The smallest absolute Gasteiger partial charge is 0.326 e. The Morgan fingerprint density at radius 2 is 1.48 bits per heavy atom. The van der Waals surface area contributed by atoms with Crippen molar-refractivity contribution in [2.45, 2.75) is 77.5 Å². The number of carboxylic acid groups (broad SMARTS) is 1. The minimum Gasteiger partial charge on any atom is -0.480 e. The molecule has 0 rings (SSSR count). The van der Waals surface area contributed by atoms with E-state index in [0.717, 1.165) is 6.42 Å². The number of aliphatic hydroxyl groups excluding tert-OH is 1. The zero-order valence-corrected chi connectivity index (χ0v) is 18.9. The molecule has 0 aromatic carbocycles. The van der Waals surface area contributed by atoms with Crippen molar-refractivity contribution in [3.05, 3.63) is 0 Å². The second-order valence-electron chi connectivity index (χ2n) is 8.08. The van der Waals surface area contributed by atoms with Gasteiger partial charge < -0.3 is 37.6 Å². The second-order valence-corrected chi connectivity index (χ2v) is 8.08. The van der Waals surface area contributed by atoms with Gasteiger partial charge in [0, 0.05) is 0 Å². The summed E-state index contributed by atoms with van der Waals surface area (Å²) in [6, 6.07) is -4.31. The zero-order chi connectivity index (χ0) is 24.1. The highest BCUT2D eigenvalue weighted by Gasteiger charge is 2.32. The van der Waals surface area contributed by atoms with Crippen LogP contribution >= 0.6 is 0 Å². The summed E-state index contributed by atoms with van der Waals surface area (Å²) in [5, 5.41) is 26.1. The summed E-state index contributed by atoms with van der Waals surface area (Å²) >= 11 is 0. The number of hydrogen-bond acceptors (Lipinski definition) is 7. The van der Waals surface area contributed by atoms with Crippen LogP contribution < -0.4 is 27.4 Å². The summed E-state index contributed by atoms with van der Waals surface area (Å²) in [5.74, 6) is -3.88. The number of nitrogens with one attached hydrogen (secondary N) is 3. The lowest BCUT2D eigenvalue weighted by Crippen LogP contribution is -2.59. The molecule has 0 aliphatic heterocycles. The lowest BCUT2D eigenvalue weighted by Gasteiger charge is -2.27. The first kappa shape index (κ1) is 28.8. The molecule has 180 valence electrons. The Morgan fingerprint density at radius 1 is 0.903 bits per heavy atom. The van der Waals surface area contributed by atoms with Crippen molar-refractivity contribution >= 4 is 23.7 Å². The van der Waals surface area contributed by atoms with E-state index in [1.807, 2.05) is 6.92 Å². The van der Waals surface area contributed by atoms with Crippen LogP contribution in [0.15, 0.2) is 0 Å². The SMILES string of the molecule is CCC(C)C(NC(=O)C(N)CCCCN)C(=O)NC(CO)C(=O)NC(C(=O)O)C(C)C. The Bertz CT molecular complexity index is 601. The van der Waals surface area contributed by atoms with Gasteiger partial charge in [-0.25, -0.2) is 4.79 Å². The summed E-state index contributed by atoms with van der Waals surface area (Å²) in [4.78, 5) is 48.9. The summed E-state index contributed by atoms with van der Waals surface area (Å²) < 4.78 is 0. The average Bonchev–Trinajstić information content (AvgIpc) is 2.72. The van der Waals surface area contributed by atoms with Crippen LogP contribution in [-0.2, 0) is 19.2 Å². The molecule has 31 heavy (non-hydrogen) atoms. The molecular weight excluding hydrogens is 406 g/mol. The molecule has 0 aromatic heterocycles. The van der Waals surface area contributed by atoms with Gasteiger partial charge in [-0.15, -0.1) is 0 Å². The molecule has 0 fully saturated rings. The van der Waals surface area contributed by atoms with Gasteiger partial charge >= 0.3 is 5.97 Å². The number of aliphatic carboxylic acids is 1. The molecule has 0 spiro atoms. The molecule has 0 aliphatic rings. The van der Waals surface area contributed by atoms with Crippen LogP contribution in [0.1, 0.15) is 53.4 Å². The summed E-state index contributed by atoms with van der Waals surface area (Å²) in [6.07, 6.45) is 2.40. The van der Waals surface area contributed by atoms with Gasteiger partial charge in [0.25, 0.3) is 0 Å². The largest absolute Gasteiger partial charge is 0.480 e. The molecule has 11 nitrogen and oxygen atoms in total. The lowest BCUT2D eigenvalue weighted by molar-refractivity contribution is -0.144. The van der Waals surface area contributed by atoms with Crippen molar-refractivity contribution in [3.63, 3.8) is 0 Å². The van der Waals surface area contributed by atoms with Gasteiger partial charge in [0.1, 0.15) is 18.1 Å². The molecule has 0 aliphatic carbocycles. The van der Waals surface area contributed by atoms with Crippen LogP contribution in [0.3, 0.4) is 0 Å². The van der Waals surface area contributed by atoms with Crippen LogP contribution in [-0.4, -0.2) is 71.2 Å². The highest BCUT2D eigenvalue weighted by molar-refractivity contribution is 5.94. The molecule has 0 saturated carbocycles. The number of carbonyl (C=O) groups is 4. The van der Waals surface area contributed by atoms with Gasteiger partial charge in [-0.2, -0.15) is 0 Å². The molecule has 0 aromatic rings. The first-order valence-electron chi connectivity index (χ1n) is 10.7. The van der Waals surface area contributed by atoms with Crippen LogP contribution in [0.25, 0.3) is 0 Å². The van der Waals surface area contributed by atoms with Gasteiger partial charge in [0.15, 0.2) is 0 Å². The van der Waals surface area contributed by atoms with Crippen molar-refractivity contribution < 1.29 is 29.4 Å². The topological polar surface area (TPSA) is 197 Å². The highest BCUT2D eigenvalue weighted by Crippen LogP contribution is 2.10. The highest BCUT2D eigenvalue weighted by atomic mass is 16.4. The van der Waals surface area contributed by atoms with Crippen molar-refractivity contribution in [1.82, 2.24) is 16.0 Å². The van der Waals surface area contributed by atoms with E-state index in [1.165, 1.54) is 0 Å². The van der Waals surface area contributed by atoms with Crippen molar-refractivity contribution in [3.8, 4) is 0 Å². The first-order valence-corrected chi connectivity index (χ1v) is 10.7. The second kappa shape index (κ2) is 14.7. The number of carbonyl (C=O) groups excluding carboxylic acids is 3. The Balaban J connectivity index is 5.20. The van der Waals surface area contributed by atoms with E-state index < -0.39 is 60.4 Å². The van der Waals surface area contributed by atoms with E-state index >= 15 is 0 Å². The van der Waals surface area contributed by atoms with E-state index in [1.54, 1.807) is 20.8 Å². The number of rotatable bonds is 15. The van der Waals surface area contributed by atoms with Crippen LogP contribution in [0.2, 0.25) is 0 Å². The number of aliphatic hydroxyl groups is 1. The average molecular weight is 446 g/mol. The fourth-order valence-electron chi connectivity index (χ4n) is 2.82. The predicted molar refractivity (Wildman–Crippen MR) is 116 cm³/mol. The van der Waals surface area contributed by atoms with Gasteiger partial charge in [-0.05, 0) is 31.2 Å². The third-order valence-electron chi connectivity index (χ3n) is 5.15. The van der Waals surface area contributed by atoms with Crippen molar-refractivity contribution in [2.75, 3.05) is 13.2 Å². The Morgan fingerprint density at radius 3 is 1.94 bits per heavy atom. The third kappa shape index (κ3) is 10.1. The molecule has 5 unspecified atom stereocenters. The normalized spacial score (nSPS) is 16.0. The minimum atomic E-state index is -1.37. The standard InChI is InChI=1S/C20H39N5O6/c1-5-12(4)16(25-17(27)13(22)8-6-7-9-21)19(29)23-14(10-26)18(28)24-15(11(2)3)20(30)31/h11-16,26H,5-10,21-22H2,1-4H3,(H,23,29)(H,24,28)(H,25,27)(H,30,31). The maximum Gasteiger partial charge on any atom is 0.326 e. The number of hydrogen-bond donors (Lipinski definition) is 7. The molecule has 0 radical (unpaired) electrons. The molecule has 0 heterocycles. The number of carboxylic acids is 1. The number of amides is 3. The Kier molecular flexibility index (Phi) is 13.6. The number of nitrogens with two attached hydrogens (primary N) is 2. The van der Waals surface area contributed by atoms with Crippen LogP contribution in [0.4, 0.5) is 0 Å². The van der Waals surface area contributed by atoms with E-state index in [2.05, 4.69) is 16.0 Å². The molecule has 9 N–H and O–H groups in total. The van der Waals surface area contributed by atoms with Gasteiger partial charge in [0.2, 0.25) is 17.7 Å². The first-order chi connectivity index (χ1) is 14.5. The summed E-state index contributed by atoms with van der Waals surface area (Å²) in [7, 11) is 0. The minimum absolute atomic E-state index is 0.273. The van der Waals surface area contributed by atoms with E-state index in [9.17, 15) is 29.4 Å². The molecular formula is C20H39N5O6. The van der Waals surface area contributed by atoms with Gasteiger partial charge in [-0.1, -0.05) is 40.5 Å². The molecule has 0 bridgehead atoms. The molecule has 0 saturated heterocycles. The van der Waals surface area contributed by atoms with Gasteiger partial charge in [-0.3, -0.25) is 14.4 Å². The monoisotopic (exact) mass is 445 g/mol. The zero-order valence-electron chi connectivity index (χ0n) is 18.9. The lowest BCUT2D eigenvalue weighted by atomic mass is 9.97. The quantitative estimate of drug-likeness (QED) is 0.150. The maximum absolute atomic E-state index is 12.8. The van der Waals surface area contributed by atoms with Gasteiger partial charge in [0.05, 0.1) is 12.6 Å². The molecule has 11 heteroatoms. The molecule has 5 atom stereocenters. The van der Waals surface area contributed by atoms with E-state index in [4.69, 9.17) is 11.5 Å². The predicted octanol–water partition coefficient (Wildman–Crippen LogP) is -1.32. The van der Waals surface area contributed by atoms with E-state index in [-0.39, 0.29) is 5.92 Å². The third-order valence-corrected chi connectivity index (χ3v) is 5.15. The molecule has 3 amide bonds. The summed E-state index contributed by atoms with van der Waals surface area (Å²) in [5.41, 5.74) is 11.3.